The zero-order valence-corrected chi connectivity index (χ0v) is 14.7. The normalized spacial score (nSPS) is 10.1. The maximum atomic E-state index is 12.0. The van der Waals surface area contributed by atoms with Crippen molar-refractivity contribution in [3.8, 4) is 0 Å². The minimum atomic E-state index is -2.37. The Hall–Kier alpha value is 1.57. The van der Waals surface area contributed by atoms with Crippen LogP contribution in [0.15, 0.2) is 0 Å². The number of hydrogen-bond donors (Lipinski definition) is 0. The SMILES string of the molecule is Fc1c(F)c(F)c(F)c(F)c1F.[I][V]([I])[I]. The molecule has 0 fully saturated rings. The van der Waals surface area contributed by atoms with Crippen LogP contribution in [0.1, 0.15) is 0 Å². The molecular formula is C6F6I3V. The summed E-state index contributed by atoms with van der Waals surface area (Å²) in [7, 11) is 0. The summed E-state index contributed by atoms with van der Waals surface area (Å²) in [6.45, 7) is 0. The van der Waals surface area contributed by atoms with Crippen molar-refractivity contribution < 1.29 is 31.3 Å². The zero-order chi connectivity index (χ0) is 13.0. The Morgan fingerprint density at radius 2 is 0.562 bits per heavy atom. The predicted molar refractivity (Wildman–Crippen MR) is 68.2 cm³/mol. The standard InChI is InChI=1S/C6F6.3HI.V/c7-1-2(8)4(10)6(12)5(11)3(1)9;;;;/h;3*1H;/q;;;;+3/p-3. The third-order valence-electron chi connectivity index (χ3n) is 1.16. The van der Waals surface area contributed by atoms with Gasteiger partial charge in [-0.15, -0.1) is 0 Å². The summed E-state index contributed by atoms with van der Waals surface area (Å²) in [5.74, 6) is -14.2. The van der Waals surface area contributed by atoms with E-state index in [2.05, 4.69) is 59.9 Å². The van der Waals surface area contributed by atoms with Crippen LogP contribution in [-0.2, 0) is 4.92 Å². The van der Waals surface area contributed by atoms with E-state index in [1.165, 1.54) is 0 Å². The van der Waals surface area contributed by atoms with Gasteiger partial charge in [-0.05, 0) is 0 Å². The molecule has 1 aromatic carbocycles. The van der Waals surface area contributed by atoms with Crippen LogP contribution in [0.5, 0.6) is 0 Å². The first-order valence-corrected chi connectivity index (χ1v) is 16.7. The van der Waals surface area contributed by atoms with Gasteiger partial charge >= 0.3 is 64.9 Å². The van der Waals surface area contributed by atoms with Crippen LogP contribution in [0, 0.1) is 34.9 Å². The summed E-state index contributed by atoms with van der Waals surface area (Å²) in [5, 5.41) is 0. The Balaban J connectivity index is 0.000000487. The molecular weight excluding hydrogens is 618 g/mol. The Morgan fingerprint density at radius 1 is 0.500 bits per heavy atom. The van der Waals surface area contributed by atoms with E-state index >= 15 is 0 Å². The van der Waals surface area contributed by atoms with E-state index in [1.54, 1.807) is 0 Å². The van der Waals surface area contributed by atoms with Gasteiger partial charge in [0.15, 0.2) is 0 Å². The van der Waals surface area contributed by atoms with E-state index in [4.69, 9.17) is 0 Å². The second-order valence-electron chi connectivity index (χ2n) is 2.08. The fraction of sp³-hybridized carbons (Fsp3) is 0. The van der Waals surface area contributed by atoms with E-state index in [0.29, 0.717) is 0 Å². The van der Waals surface area contributed by atoms with Gasteiger partial charge in [0.1, 0.15) is 0 Å². The van der Waals surface area contributed by atoms with Gasteiger partial charge in [-0.1, -0.05) is 0 Å². The first kappa shape index (κ1) is 17.6. The molecule has 0 heterocycles. The van der Waals surface area contributed by atoms with Gasteiger partial charge in [-0.2, -0.15) is 0 Å². The molecule has 0 aromatic heterocycles. The van der Waals surface area contributed by atoms with Crippen molar-refractivity contribution in [3.63, 3.8) is 0 Å². The number of hydrogen-bond acceptors (Lipinski definition) is 0. The van der Waals surface area contributed by atoms with Crippen molar-refractivity contribution in [2.24, 2.45) is 0 Å². The van der Waals surface area contributed by atoms with Crippen molar-refractivity contribution in [1.29, 1.82) is 0 Å². The molecule has 0 nitrogen and oxygen atoms in total. The molecule has 0 spiro atoms. The second kappa shape index (κ2) is 7.89. The van der Waals surface area contributed by atoms with Gasteiger partial charge in [0.25, 0.3) is 0 Å². The monoisotopic (exact) mass is 618 g/mol. The second-order valence-corrected chi connectivity index (χ2v) is 37.4. The molecule has 0 saturated carbocycles. The Morgan fingerprint density at radius 3 is 0.625 bits per heavy atom. The van der Waals surface area contributed by atoms with Crippen LogP contribution in [0.25, 0.3) is 0 Å². The van der Waals surface area contributed by atoms with E-state index in [0.717, 1.165) is 0 Å². The average Bonchev–Trinajstić information content (AvgIpc) is 2.20. The van der Waals surface area contributed by atoms with Crippen molar-refractivity contribution in [2.75, 3.05) is 0 Å². The molecule has 0 saturated heterocycles. The number of rotatable bonds is 0. The molecule has 0 unspecified atom stereocenters. The van der Waals surface area contributed by atoms with Gasteiger partial charge in [-0.25, -0.2) is 26.3 Å². The van der Waals surface area contributed by atoms with Crippen molar-refractivity contribution in [3.05, 3.63) is 34.9 Å². The number of benzene rings is 1. The molecule has 0 bridgehead atoms. The zero-order valence-electron chi connectivity index (χ0n) is 6.85. The van der Waals surface area contributed by atoms with E-state index in [1.807, 2.05) is 0 Å². The van der Waals surface area contributed by atoms with Crippen LogP contribution < -0.4 is 0 Å². The average molecular weight is 618 g/mol. The summed E-state index contributed by atoms with van der Waals surface area (Å²) in [6.07, 6.45) is 0. The number of halogens is 9. The summed E-state index contributed by atoms with van der Waals surface area (Å²) < 4.78 is 72.2. The predicted octanol–water partition coefficient (Wildman–Crippen LogP) is 5.18. The van der Waals surface area contributed by atoms with Gasteiger partial charge < -0.3 is 0 Å². The molecule has 0 aliphatic heterocycles. The van der Waals surface area contributed by atoms with E-state index < -0.39 is 34.9 Å². The van der Waals surface area contributed by atoms with Crippen molar-refractivity contribution in [1.82, 2.24) is 0 Å². The molecule has 0 aliphatic rings. The molecule has 0 N–H and O–H groups in total. The van der Waals surface area contributed by atoms with Crippen LogP contribution in [-0.4, -0.2) is 0 Å². The summed E-state index contributed by atoms with van der Waals surface area (Å²) in [6, 6.07) is 0. The van der Waals surface area contributed by atoms with Crippen LogP contribution in [0.2, 0.25) is 0 Å². The Labute approximate surface area is 124 Å². The molecule has 10 heteroatoms. The van der Waals surface area contributed by atoms with Crippen LogP contribution >= 0.6 is 59.9 Å². The van der Waals surface area contributed by atoms with Gasteiger partial charge in [-0.3, -0.25) is 0 Å². The van der Waals surface area contributed by atoms with Gasteiger partial charge in [0, 0.05) is 0 Å². The van der Waals surface area contributed by atoms with E-state index in [-0.39, 0.29) is 4.92 Å². The Bertz CT molecular complexity index is 277. The van der Waals surface area contributed by atoms with Gasteiger partial charge in [0.05, 0.1) is 0 Å². The summed E-state index contributed by atoms with van der Waals surface area (Å²) >= 11 is 7.39. The molecule has 0 aliphatic carbocycles. The Kier molecular flexibility index (Phi) is 8.67. The molecule has 92 valence electrons. The first-order chi connectivity index (χ1) is 7.20. The quantitative estimate of drug-likeness (QED) is 0.163. The summed E-state index contributed by atoms with van der Waals surface area (Å²) in [4.78, 5) is -0.278. The molecule has 1 aromatic rings. The topological polar surface area (TPSA) is 0 Å². The third kappa shape index (κ3) is 5.06. The fourth-order valence-electron chi connectivity index (χ4n) is 0.578. The van der Waals surface area contributed by atoms with Crippen molar-refractivity contribution in [2.45, 2.75) is 0 Å². The third-order valence-corrected chi connectivity index (χ3v) is 1.16. The first-order valence-electron chi connectivity index (χ1n) is 3.14. The van der Waals surface area contributed by atoms with Crippen molar-refractivity contribution >= 4 is 59.9 Å². The van der Waals surface area contributed by atoms with Crippen LogP contribution in [0.3, 0.4) is 0 Å². The summed E-state index contributed by atoms with van der Waals surface area (Å²) in [5.41, 5.74) is 0. The molecule has 1 rings (SSSR count). The molecule has 0 amide bonds. The van der Waals surface area contributed by atoms with E-state index in [9.17, 15) is 26.3 Å². The molecule has 0 radical (unpaired) electrons. The minimum absolute atomic E-state index is 0.278. The molecule has 16 heavy (non-hydrogen) atoms. The van der Waals surface area contributed by atoms with Gasteiger partial charge in [0.2, 0.25) is 34.9 Å². The van der Waals surface area contributed by atoms with Crippen LogP contribution in [0.4, 0.5) is 26.3 Å². The molecule has 0 atom stereocenters. The maximum absolute atomic E-state index is 12.0. The fourth-order valence-corrected chi connectivity index (χ4v) is 0.578.